The van der Waals surface area contributed by atoms with Crippen molar-refractivity contribution in [2.75, 3.05) is 31.3 Å². The number of hydrogen-bond donors (Lipinski definition) is 3. The summed E-state index contributed by atoms with van der Waals surface area (Å²) in [5.41, 5.74) is 1.07. The number of hydrogen-bond acceptors (Lipinski definition) is 4. The Balaban J connectivity index is 0.00000400. The number of ether oxygens (including phenoxy) is 1. The normalized spacial score (nSPS) is 11.0. The van der Waals surface area contributed by atoms with Crippen LogP contribution < -0.4 is 20.7 Å². The Bertz CT molecular complexity index is 494. The maximum atomic E-state index is 12.0. The molecule has 1 rings (SSSR count). The number of benzene rings is 1. The zero-order valence-electron chi connectivity index (χ0n) is 12.6. The third-order valence-electron chi connectivity index (χ3n) is 2.75. The van der Waals surface area contributed by atoms with Crippen LogP contribution in [0, 0.1) is 5.92 Å². The summed E-state index contributed by atoms with van der Waals surface area (Å²) in [6.45, 7) is 3.81. The van der Waals surface area contributed by atoms with Crippen molar-refractivity contribution in [3.63, 3.8) is 0 Å². The number of nitrogens with one attached hydrogen (secondary N) is 3. The highest BCUT2D eigenvalue weighted by Gasteiger charge is 2.15. The van der Waals surface area contributed by atoms with E-state index in [0.29, 0.717) is 23.7 Å². The molecule has 0 fully saturated rings. The van der Waals surface area contributed by atoms with Crippen LogP contribution in [0.2, 0.25) is 0 Å². The minimum Gasteiger partial charge on any atom is -0.497 e. The summed E-state index contributed by atoms with van der Waals surface area (Å²) in [7, 11) is 3.33. The van der Waals surface area contributed by atoms with Gasteiger partial charge in [0.15, 0.2) is 0 Å². The third-order valence-corrected chi connectivity index (χ3v) is 2.75. The maximum Gasteiger partial charge on any atom is 0.228 e. The molecule has 1 atom stereocenters. The average Bonchev–Trinajstić information content (AvgIpc) is 2.40. The number of halogens is 1. The van der Waals surface area contributed by atoms with Gasteiger partial charge < -0.3 is 20.7 Å². The highest BCUT2D eigenvalue weighted by molar-refractivity contribution is 5.99. The fourth-order valence-electron chi connectivity index (χ4n) is 1.71. The molecular weight excluding hydrogens is 294 g/mol. The molecule has 0 bridgehead atoms. The molecular formula is C14H22ClN3O3. The molecule has 0 aliphatic carbocycles. The van der Waals surface area contributed by atoms with E-state index < -0.39 is 0 Å². The minimum absolute atomic E-state index is 0. The van der Waals surface area contributed by atoms with Crippen LogP contribution in [-0.4, -0.2) is 32.5 Å². The van der Waals surface area contributed by atoms with Crippen molar-refractivity contribution in [1.82, 2.24) is 5.32 Å². The molecule has 0 aliphatic heterocycles. The second-order valence-electron chi connectivity index (χ2n) is 4.54. The lowest BCUT2D eigenvalue weighted by Gasteiger charge is -2.15. The largest absolute Gasteiger partial charge is 0.497 e. The molecule has 1 aromatic carbocycles. The van der Waals surface area contributed by atoms with Crippen LogP contribution >= 0.6 is 12.4 Å². The summed E-state index contributed by atoms with van der Waals surface area (Å²) in [5.74, 6) is 0.0974. The number of anilines is 2. The van der Waals surface area contributed by atoms with E-state index in [4.69, 9.17) is 4.74 Å². The standard InChI is InChI=1S/C14H21N3O3.ClH/c1-9(8-15-3)14(19)17-13-7-11(20-4)5-6-12(13)16-10(2)18;/h5-7,9,15H,8H2,1-4H3,(H,16,18)(H,17,19);1H. The van der Waals surface area contributed by atoms with Crippen molar-refractivity contribution < 1.29 is 14.3 Å². The van der Waals surface area contributed by atoms with Crippen LogP contribution in [0.5, 0.6) is 5.75 Å². The molecule has 1 unspecified atom stereocenters. The molecule has 6 nitrogen and oxygen atoms in total. The van der Waals surface area contributed by atoms with Gasteiger partial charge in [0.2, 0.25) is 11.8 Å². The van der Waals surface area contributed by atoms with E-state index in [-0.39, 0.29) is 30.1 Å². The SMILES string of the molecule is CNCC(C)C(=O)Nc1cc(OC)ccc1NC(C)=O.Cl. The monoisotopic (exact) mass is 315 g/mol. The summed E-state index contributed by atoms with van der Waals surface area (Å²) in [6.07, 6.45) is 0. The summed E-state index contributed by atoms with van der Waals surface area (Å²) >= 11 is 0. The van der Waals surface area contributed by atoms with Gasteiger partial charge in [-0.25, -0.2) is 0 Å². The molecule has 0 aliphatic rings. The van der Waals surface area contributed by atoms with Gasteiger partial charge in [-0.1, -0.05) is 6.92 Å². The predicted octanol–water partition coefficient (Wildman–Crippen LogP) is 1.87. The Morgan fingerprint density at radius 2 is 1.90 bits per heavy atom. The number of carbonyl (C=O) groups excluding carboxylic acids is 2. The van der Waals surface area contributed by atoms with Gasteiger partial charge in [-0.15, -0.1) is 12.4 Å². The van der Waals surface area contributed by atoms with Crippen LogP contribution in [0.3, 0.4) is 0 Å². The first kappa shape index (κ1) is 19.2. The molecule has 1 aromatic rings. The molecule has 118 valence electrons. The topological polar surface area (TPSA) is 79.5 Å². The minimum atomic E-state index is -0.200. The van der Waals surface area contributed by atoms with Crippen molar-refractivity contribution >= 4 is 35.6 Å². The van der Waals surface area contributed by atoms with Gasteiger partial charge in [0.1, 0.15) is 5.75 Å². The molecule has 0 spiro atoms. The Labute approximate surface area is 131 Å². The molecule has 0 saturated carbocycles. The van der Waals surface area contributed by atoms with Crippen molar-refractivity contribution in [1.29, 1.82) is 0 Å². The predicted molar refractivity (Wildman–Crippen MR) is 86.3 cm³/mol. The molecule has 0 aromatic heterocycles. The first-order chi connectivity index (χ1) is 9.47. The van der Waals surface area contributed by atoms with Crippen LogP contribution in [0.25, 0.3) is 0 Å². The van der Waals surface area contributed by atoms with Crippen molar-refractivity contribution in [3.8, 4) is 5.75 Å². The van der Waals surface area contributed by atoms with Crippen LogP contribution in [-0.2, 0) is 9.59 Å². The number of rotatable bonds is 6. The second kappa shape index (κ2) is 9.20. The van der Waals surface area contributed by atoms with Crippen LogP contribution in [0.4, 0.5) is 11.4 Å². The van der Waals surface area contributed by atoms with E-state index in [1.807, 2.05) is 6.92 Å². The van der Waals surface area contributed by atoms with E-state index in [0.717, 1.165) is 0 Å². The van der Waals surface area contributed by atoms with E-state index in [1.165, 1.54) is 6.92 Å². The highest BCUT2D eigenvalue weighted by atomic mass is 35.5. The molecule has 0 radical (unpaired) electrons. The number of carbonyl (C=O) groups is 2. The summed E-state index contributed by atoms with van der Waals surface area (Å²) in [6, 6.07) is 5.09. The molecule has 2 amide bonds. The lowest BCUT2D eigenvalue weighted by molar-refractivity contribution is -0.119. The Morgan fingerprint density at radius 3 is 2.43 bits per heavy atom. The number of methoxy groups -OCH3 is 1. The van der Waals surface area contributed by atoms with Crippen LogP contribution in [0.1, 0.15) is 13.8 Å². The first-order valence-corrected chi connectivity index (χ1v) is 6.39. The van der Waals surface area contributed by atoms with Gasteiger partial charge in [0.25, 0.3) is 0 Å². The van der Waals surface area contributed by atoms with Gasteiger partial charge in [0.05, 0.1) is 18.5 Å². The highest BCUT2D eigenvalue weighted by Crippen LogP contribution is 2.27. The number of amides is 2. The fourth-order valence-corrected chi connectivity index (χ4v) is 1.71. The maximum absolute atomic E-state index is 12.0. The Kier molecular flexibility index (Phi) is 8.42. The lowest BCUT2D eigenvalue weighted by Crippen LogP contribution is -2.29. The fraction of sp³-hybridized carbons (Fsp3) is 0.429. The first-order valence-electron chi connectivity index (χ1n) is 6.39. The Morgan fingerprint density at radius 1 is 1.24 bits per heavy atom. The Hall–Kier alpha value is -1.79. The van der Waals surface area contributed by atoms with Crippen molar-refractivity contribution in [3.05, 3.63) is 18.2 Å². The van der Waals surface area contributed by atoms with Gasteiger partial charge in [0, 0.05) is 25.5 Å². The van der Waals surface area contributed by atoms with E-state index in [9.17, 15) is 9.59 Å². The van der Waals surface area contributed by atoms with Crippen molar-refractivity contribution in [2.24, 2.45) is 5.92 Å². The summed E-state index contributed by atoms with van der Waals surface area (Å²) in [4.78, 5) is 23.2. The van der Waals surface area contributed by atoms with Gasteiger partial charge in [-0.3, -0.25) is 9.59 Å². The summed E-state index contributed by atoms with van der Waals surface area (Å²) < 4.78 is 5.13. The zero-order chi connectivity index (χ0) is 15.1. The van der Waals surface area contributed by atoms with Crippen molar-refractivity contribution in [2.45, 2.75) is 13.8 Å². The van der Waals surface area contributed by atoms with Gasteiger partial charge >= 0.3 is 0 Å². The van der Waals surface area contributed by atoms with Crippen LogP contribution in [0.15, 0.2) is 18.2 Å². The molecule has 0 saturated heterocycles. The average molecular weight is 316 g/mol. The van der Waals surface area contributed by atoms with E-state index >= 15 is 0 Å². The van der Waals surface area contributed by atoms with Gasteiger partial charge in [-0.2, -0.15) is 0 Å². The smallest absolute Gasteiger partial charge is 0.228 e. The van der Waals surface area contributed by atoms with E-state index in [1.54, 1.807) is 32.4 Å². The molecule has 7 heteroatoms. The molecule has 3 N–H and O–H groups in total. The molecule has 21 heavy (non-hydrogen) atoms. The van der Waals surface area contributed by atoms with E-state index in [2.05, 4.69) is 16.0 Å². The summed E-state index contributed by atoms with van der Waals surface area (Å²) in [5, 5.41) is 8.43. The lowest BCUT2D eigenvalue weighted by atomic mass is 10.1. The second-order valence-corrected chi connectivity index (χ2v) is 4.54. The van der Waals surface area contributed by atoms with Gasteiger partial charge in [-0.05, 0) is 19.2 Å². The third kappa shape index (κ3) is 6.01. The zero-order valence-corrected chi connectivity index (χ0v) is 13.5. The quantitative estimate of drug-likeness (QED) is 0.749. The molecule has 0 heterocycles.